The largest absolute Gasteiger partial charge is 0.475 e. The maximum atomic E-state index is 13.5. The van der Waals surface area contributed by atoms with Gasteiger partial charge in [-0.1, -0.05) is 0 Å². The Balaban J connectivity index is 2.21. The number of benzene rings is 2. The van der Waals surface area contributed by atoms with Crippen LogP contribution in [0.25, 0.3) is 0 Å². The second kappa shape index (κ2) is 6.99. The minimum Gasteiger partial charge on any atom is -0.475 e. The molecule has 2 aromatic rings. The molecule has 3 nitrogen and oxygen atoms in total. The van der Waals surface area contributed by atoms with E-state index in [1.165, 1.54) is 0 Å². The van der Waals surface area contributed by atoms with Crippen molar-refractivity contribution in [1.29, 1.82) is 0 Å². The number of halogens is 7. The SMILES string of the molecule is C[C@H](Oc1c(F)c(F)cc(F)c1F)C(=O)Nc1ccc(F)c(F)c1F. The van der Waals surface area contributed by atoms with Crippen molar-refractivity contribution >= 4 is 11.6 Å². The van der Waals surface area contributed by atoms with Gasteiger partial charge in [-0.3, -0.25) is 4.79 Å². The van der Waals surface area contributed by atoms with Crippen LogP contribution in [-0.4, -0.2) is 12.0 Å². The maximum Gasteiger partial charge on any atom is 0.265 e. The molecule has 134 valence electrons. The van der Waals surface area contributed by atoms with Gasteiger partial charge < -0.3 is 10.1 Å². The van der Waals surface area contributed by atoms with Crippen molar-refractivity contribution in [3.05, 3.63) is 58.9 Å². The Morgan fingerprint density at radius 2 is 1.44 bits per heavy atom. The van der Waals surface area contributed by atoms with Crippen molar-refractivity contribution in [2.24, 2.45) is 0 Å². The number of hydrogen-bond donors (Lipinski definition) is 1. The molecule has 2 rings (SSSR count). The molecule has 0 aliphatic heterocycles. The summed E-state index contributed by atoms with van der Waals surface area (Å²) in [4.78, 5) is 11.8. The first-order chi connectivity index (χ1) is 11.6. The molecule has 1 amide bonds. The third-order valence-corrected chi connectivity index (χ3v) is 3.03. The van der Waals surface area contributed by atoms with Crippen molar-refractivity contribution in [3.63, 3.8) is 0 Å². The van der Waals surface area contributed by atoms with E-state index < -0.39 is 64.2 Å². The molecular weight excluding hydrogens is 359 g/mol. The van der Waals surface area contributed by atoms with Gasteiger partial charge in [-0.25, -0.2) is 22.0 Å². The number of amides is 1. The molecule has 0 unspecified atom stereocenters. The Hall–Kier alpha value is -2.78. The van der Waals surface area contributed by atoms with E-state index in [1.54, 1.807) is 5.32 Å². The van der Waals surface area contributed by atoms with E-state index in [4.69, 9.17) is 0 Å². The molecule has 0 fully saturated rings. The van der Waals surface area contributed by atoms with E-state index in [0.29, 0.717) is 12.1 Å². The third-order valence-electron chi connectivity index (χ3n) is 3.03. The van der Waals surface area contributed by atoms with Crippen LogP contribution in [0.3, 0.4) is 0 Å². The molecule has 1 atom stereocenters. The second-order valence-electron chi connectivity index (χ2n) is 4.77. The zero-order valence-corrected chi connectivity index (χ0v) is 12.3. The second-order valence-corrected chi connectivity index (χ2v) is 4.77. The highest BCUT2D eigenvalue weighted by molar-refractivity contribution is 5.94. The zero-order valence-electron chi connectivity index (χ0n) is 12.3. The quantitative estimate of drug-likeness (QED) is 0.503. The number of hydrogen-bond acceptors (Lipinski definition) is 2. The summed E-state index contributed by atoms with van der Waals surface area (Å²) in [6, 6.07) is 1.17. The summed E-state index contributed by atoms with van der Waals surface area (Å²) >= 11 is 0. The summed E-state index contributed by atoms with van der Waals surface area (Å²) in [6.07, 6.45) is -1.77. The Bertz CT molecular complexity index is 815. The minimum atomic E-state index is -1.88. The van der Waals surface area contributed by atoms with Crippen LogP contribution in [-0.2, 0) is 4.79 Å². The van der Waals surface area contributed by atoms with Crippen LogP contribution >= 0.6 is 0 Å². The Kier molecular flexibility index (Phi) is 5.19. The van der Waals surface area contributed by atoms with Crippen molar-refractivity contribution in [3.8, 4) is 5.75 Å². The number of ether oxygens (including phenoxy) is 1. The lowest BCUT2D eigenvalue weighted by Gasteiger charge is -2.16. The van der Waals surface area contributed by atoms with Crippen LogP contribution < -0.4 is 10.1 Å². The van der Waals surface area contributed by atoms with E-state index in [0.717, 1.165) is 6.92 Å². The number of nitrogens with one attached hydrogen (secondary N) is 1. The number of carbonyl (C=O) groups excluding carboxylic acids is 1. The third kappa shape index (κ3) is 3.67. The normalized spacial score (nSPS) is 12.0. The smallest absolute Gasteiger partial charge is 0.265 e. The first-order valence-corrected chi connectivity index (χ1v) is 6.57. The van der Waals surface area contributed by atoms with Crippen LogP contribution in [0.1, 0.15) is 6.92 Å². The van der Waals surface area contributed by atoms with E-state index >= 15 is 0 Å². The van der Waals surface area contributed by atoms with Crippen LogP contribution in [0, 0.1) is 40.7 Å². The molecule has 1 N–H and O–H groups in total. The molecular formula is C15H8F7NO2. The van der Waals surface area contributed by atoms with Gasteiger partial charge in [-0.15, -0.1) is 0 Å². The minimum absolute atomic E-state index is 0.0566. The number of carbonyl (C=O) groups is 1. The molecule has 2 aromatic carbocycles. The summed E-state index contributed by atoms with van der Waals surface area (Å²) in [5, 5.41) is 1.79. The molecule has 0 radical (unpaired) electrons. The molecule has 0 heterocycles. The molecule has 0 spiro atoms. The van der Waals surface area contributed by atoms with E-state index in [1.807, 2.05) is 0 Å². The monoisotopic (exact) mass is 367 g/mol. The summed E-state index contributed by atoms with van der Waals surface area (Å²) in [6.45, 7) is 0.925. The Morgan fingerprint density at radius 3 is 2.00 bits per heavy atom. The van der Waals surface area contributed by atoms with Gasteiger partial charge in [0.2, 0.25) is 11.6 Å². The fourth-order valence-electron chi connectivity index (χ4n) is 1.74. The lowest BCUT2D eigenvalue weighted by molar-refractivity contribution is -0.122. The molecule has 0 aliphatic rings. The molecule has 10 heteroatoms. The van der Waals surface area contributed by atoms with Gasteiger partial charge in [0, 0.05) is 6.07 Å². The van der Waals surface area contributed by atoms with Gasteiger partial charge in [-0.2, -0.15) is 8.78 Å². The highest BCUT2D eigenvalue weighted by Gasteiger charge is 2.26. The van der Waals surface area contributed by atoms with Gasteiger partial charge in [0.05, 0.1) is 5.69 Å². The molecule has 0 aliphatic carbocycles. The Morgan fingerprint density at radius 1 is 0.880 bits per heavy atom. The fraction of sp³-hybridized carbons (Fsp3) is 0.133. The topological polar surface area (TPSA) is 38.3 Å². The van der Waals surface area contributed by atoms with Gasteiger partial charge in [0.1, 0.15) is 0 Å². The summed E-state index contributed by atoms with van der Waals surface area (Å²) in [5.41, 5.74) is -0.772. The lowest BCUT2D eigenvalue weighted by atomic mass is 10.2. The first kappa shape index (κ1) is 18.6. The average Bonchev–Trinajstić information content (AvgIpc) is 2.57. The van der Waals surface area contributed by atoms with E-state index in [-0.39, 0.29) is 6.07 Å². The first-order valence-electron chi connectivity index (χ1n) is 6.57. The predicted molar refractivity (Wildman–Crippen MR) is 71.3 cm³/mol. The standard InChI is InChI=1S/C15H8F7NO2/c1-5(25-14-11(20)7(17)4-8(18)12(14)21)15(24)23-9-3-2-6(16)10(19)13(9)22/h2-5H,1H3,(H,23,24)/t5-/m0/s1. The van der Waals surface area contributed by atoms with E-state index in [9.17, 15) is 35.5 Å². The number of anilines is 1. The number of rotatable bonds is 4. The highest BCUT2D eigenvalue weighted by atomic mass is 19.2. The summed E-state index contributed by atoms with van der Waals surface area (Å²) in [7, 11) is 0. The summed E-state index contributed by atoms with van der Waals surface area (Å²) in [5.74, 6) is -15.1. The molecule has 25 heavy (non-hydrogen) atoms. The molecule has 0 bridgehead atoms. The van der Waals surface area contributed by atoms with Crippen molar-refractivity contribution < 1.29 is 40.3 Å². The molecule has 0 saturated heterocycles. The highest BCUT2D eigenvalue weighted by Crippen LogP contribution is 2.27. The zero-order chi connectivity index (χ0) is 18.9. The molecule has 0 aromatic heterocycles. The van der Waals surface area contributed by atoms with E-state index in [2.05, 4.69) is 4.74 Å². The van der Waals surface area contributed by atoms with Gasteiger partial charge in [-0.05, 0) is 19.1 Å². The summed E-state index contributed by atoms with van der Waals surface area (Å²) < 4.78 is 96.9. The molecule has 0 saturated carbocycles. The van der Waals surface area contributed by atoms with Crippen LogP contribution in [0.5, 0.6) is 5.75 Å². The Labute approximate surface area is 136 Å². The maximum absolute atomic E-state index is 13.5. The average molecular weight is 367 g/mol. The fourth-order valence-corrected chi connectivity index (χ4v) is 1.74. The van der Waals surface area contributed by atoms with Crippen LogP contribution in [0.15, 0.2) is 18.2 Å². The lowest BCUT2D eigenvalue weighted by Crippen LogP contribution is -2.31. The van der Waals surface area contributed by atoms with Gasteiger partial charge in [0.25, 0.3) is 5.91 Å². The van der Waals surface area contributed by atoms with Crippen molar-refractivity contribution in [1.82, 2.24) is 0 Å². The van der Waals surface area contributed by atoms with Gasteiger partial charge >= 0.3 is 0 Å². The van der Waals surface area contributed by atoms with Crippen LogP contribution in [0.4, 0.5) is 36.4 Å². The predicted octanol–water partition coefficient (Wildman–Crippen LogP) is 4.07. The van der Waals surface area contributed by atoms with Gasteiger partial charge in [0.15, 0.2) is 40.9 Å². The van der Waals surface area contributed by atoms with Crippen molar-refractivity contribution in [2.45, 2.75) is 13.0 Å². The van der Waals surface area contributed by atoms with Crippen LogP contribution in [0.2, 0.25) is 0 Å². The van der Waals surface area contributed by atoms with Crippen molar-refractivity contribution in [2.75, 3.05) is 5.32 Å².